The first kappa shape index (κ1) is 12.7. The van der Waals surface area contributed by atoms with Gasteiger partial charge in [0.25, 0.3) is 0 Å². The summed E-state index contributed by atoms with van der Waals surface area (Å²) in [5, 5.41) is 21.3. The Labute approximate surface area is 129 Å². The fraction of sp³-hybridized carbons (Fsp3) is 0. The molecule has 70 valence electrons. The van der Waals surface area contributed by atoms with Gasteiger partial charge in [0, 0.05) is 0 Å². The van der Waals surface area contributed by atoms with Crippen LogP contribution in [0.3, 0.4) is 0 Å². The molecule has 0 amide bonds. The van der Waals surface area contributed by atoms with Crippen LogP contribution in [0.25, 0.3) is 10.8 Å². The SMILES string of the molecule is O=C([O-])c1ccc2cc(O)ccc2c1.[K+]. The first-order valence-electron chi connectivity index (χ1n) is 4.11. The molecular weight excluding hydrogens is 219 g/mol. The molecule has 0 aliphatic heterocycles. The van der Waals surface area contributed by atoms with Gasteiger partial charge in [-0.1, -0.05) is 18.2 Å². The Morgan fingerprint density at radius 2 is 1.67 bits per heavy atom. The normalized spacial score (nSPS) is 9.60. The van der Waals surface area contributed by atoms with Crippen molar-refractivity contribution in [3.05, 3.63) is 42.0 Å². The molecule has 0 spiro atoms. The maximum Gasteiger partial charge on any atom is 1.00 e. The first-order valence-corrected chi connectivity index (χ1v) is 4.11. The summed E-state index contributed by atoms with van der Waals surface area (Å²) in [4.78, 5) is 10.6. The number of aromatic carboxylic acids is 1. The quantitative estimate of drug-likeness (QED) is 0.567. The Bertz CT molecular complexity index is 508. The topological polar surface area (TPSA) is 60.4 Å². The second kappa shape index (κ2) is 5.09. The summed E-state index contributed by atoms with van der Waals surface area (Å²) in [6.07, 6.45) is 0. The third-order valence-electron chi connectivity index (χ3n) is 2.06. The minimum Gasteiger partial charge on any atom is -0.545 e. The van der Waals surface area contributed by atoms with Crippen molar-refractivity contribution in [2.24, 2.45) is 0 Å². The number of hydrogen-bond donors (Lipinski definition) is 1. The number of carboxylic acids is 1. The van der Waals surface area contributed by atoms with E-state index in [1.807, 2.05) is 0 Å². The van der Waals surface area contributed by atoms with Crippen LogP contribution in [0, 0.1) is 0 Å². The number of carbonyl (C=O) groups excluding carboxylic acids is 1. The zero-order valence-electron chi connectivity index (χ0n) is 8.23. The summed E-state index contributed by atoms with van der Waals surface area (Å²) < 4.78 is 0. The Morgan fingerprint density at radius 1 is 1.07 bits per heavy atom. The van der Waals surface area contributed by atoms with E-state index >= 15 is 0 Å². The molecule has 0 unspecified atom stereocenters. The third-order valence-corrected chi connectivity index (χ3v) is 2.06. The van der Waals surface area contributed by atoms with Crippen LogP contribution in [0.5, 0.6) is 5.75 Å². The van der Waals surface area contributed by atoms with Crippen molar-refractivity contribution in [1.29, 1.82) is 0 Å². The Morgan fingerprint density at radius 3 is 2.33 bits per heavy atom. The number of carbonyl (C=O) groups is 1. The molecule has 2 rings (SSSR count). The zero-order valence-corrected chi connectivity index (χ0v) is 11.4. The number of fused-ring (bicyclic) bond motifs is 1. The summed E-state index contributed by atoms with van der Waals surface area (Å²) >= 11 is 0. The van der Waals surface area contributed by atoms with Crippen molar-refractivity contribution in [2.45, 2.75) is 0 Å². The van der Waals surface area contributed by atoms with Crippen LogP contribution >= 0.6 is 0 Å². The van der Waals surface area contributed by atoms with Gasteiger partial charge in [0.15, 0.2) is 0 Å². The van der Waals surface area contributed by atoms with E-state index in [1.165, 1.54) is 18.2 Å². The van der Waals surface area contributed by atoms with E-state index < -0.39 is 5.97 Å². The molecule has 1 N–H and O–H groups in total. The van der Waals surface area contributed by atoms with Crippen LogP contribution in [-0.4, -0.2) is 11.1 Å². The second-order valence-corrected chi connectivity index (χ2v) is 3.03. The first-order chi connectivity index (χ1) is 6.66. The standard InChI is InChI=1S/C11H8O3.K/c12-10-4-3-7-5-9(11(13)14)2-1-8(7)6-10;/h1-6,12H,(H,13,14);/q;+1/p-1. The molecule has 0 aromatic heterocycles. The van der Waals surface area contributed by atoms with E-state index in [9.17, 15) is 15.0 Å². The average molecular weight is 226 g/mol. The fourth-order valence-corrected chi connectivity index (χ4v) is 1.36. The molecule has 2 aromatic rings. The molecule has 2 aromatic carbocycles. The zero-order chi connectivity index (χ0) is 10.1. The van der Waals surface area contributed by atoms with Gasteiger partial charge in [-0.15, -0.1) is 0 Å². The van der Waals surface area contributed by atoms with Gasteiger partial charge in [0.05, 0.1) is 5.97 Å². The monoisotopic (exact) mass is 226 g/mol. The van der Waals surface area contributed by atoms with Crippen molar-refractivity contribution in [3.8, 4) is 5.75 Å². The number of phenols is 1. The second-order valence-electron chi connectivity index (χ2n) is 3.03. The number of phenolic OH excluding ortho intramolecular Hbond substituents is 1. The predicted molar refractivity (Wildman–Crippen MR) is 49.9 cm³/mol. The molecule has 4 heteroatoms. The molecule has 0 aliphatic carbocycles. The van der Waals surface area contributed by atoms with Gasteiger partial charge in [-0.05, 0) is 34.5 Å². The van der Waals surface area contributed by atoms with Crippen LogP contribution in [0.2, 0.25) is 0 Å². The molecule has 0 saturated heterocycles. The van der Waals surface area contributed by atoms with Crippen molar-refractivity contribution in [3.63, 3.8) is 0 Å². The smallest absolute Gasteiger partial charge is 0.545 e. The number of carboxylic acid groups (broad SMARTS) is 1. The molecule has 0 aliphatic rings. The van der Waals surface area contributed by atoms with E-state index in [2.05, 4.69) is 0 Å². The molecule has 0 saturated carbocycles. The molecular formula is C11H7KO3. The minimum absolute atomic E-state index is 0. The van der Waals surface area contributed by atoms with Crippen molar-refractivity contribution in [2.75, 3.05) is 0 Å². The maximum atomic E-state index is 10.6. The van der Waals surface area contributed by atoms with Gasteiger partial charge in [0.1, 0.15) is 5.75 Å². The van der Waals surface area contributed by atoms with E-state index in [0.717, 1.165) is 10.8 Å². The summed E-state index contributed by atoms with van der Waals surface area (Å²) in [5.74, 6) is -1.03. The van der Waals surface area contributed by atoms with Crippen LogP contribution in [0.15, 0.2) is 36.4 Å². The molecule has 0 atom stereocenters. The van der Waals surface area contributed by atoms with E-state index in [4.69, 9.17) is 0 Å². The van der Waals surface area contributed by atoms with Gasteiger partial charge < -0.3 is 15.0 Å². The van der Waals surface area contributed by atoms with Crippen LogP contribution in [-0.2, 0) is 0 Å². The molecule has 0 fully saturated rings. The van der Waals surface area contributed by atoms with Gasteiger partial charge in [-0.25, -0.2) is 0 Å². The van der Waals surface area contributed by atoms with E-state index in [0.29, 0.717) is 0 Å². The summed E-state index contributed by atoms with van der Waals surface area (Å²) in [5.41, 5.74) is 0.142. The third kappa shape index (κ3) is 2.80. The number of hydrogen-bond acceptors (Lipinski definition) is 3. The van der Waals surface area contributed by atoms with Gasteiger partial charge in [-0.2, -0.15) is 0 Å². The average Bonchev–Trinajstić information content (AvgIpc) is 2.16. The van der Waals surface area contributed by atoms with Gasteiger partial charge >= 0.3 is 51.4 Å². The van der Waals surface area contributed by atoms with Gasteiger partial charge in [-0.3, -0.25) is 0 Å². The summed E-state index contributed by atoms with van der Waals surface area (Å²) in [7, 11) is 0. The van der Waals surface area contributed by atoms with Crippen LogP contribution in [0.4, 0.5) is 0 Å². The maximum absolute atomic E-state index is 10.6. The summed E-state index contributed by atoms with van der Waals surface area (Å²) in [6.45, 7) is 0. The number of rotatable bonds is 1. The van der Waals surface area contributed by atoms with Crippen molar-refractivity contribution in [1.82, 2.24) is 0 Å². The van der Waals surface area contributed by atoms with Crippen LogP contribution < -0.4 is 56.5 Å². The molecule has 0 bridgehead atoms. The van der Waals surface area contributed by atoms with Gasteiger partial charge in [0.2, 0.25) is 0 Å². The minimum atomic E-state index is -1.19. The van der Waals surface area contributed by atoms with E-state index in [-0.39, 0.29) is 62.7 Å². The predicted octanol–water partition coefficient (Wildman–Crippen LogP) is -2.09. The molecule has 0 radical (unpaired) electrons. The molecule has 15 heavy (non-hydrogen) atoms. The Balaban J connectivity index is 0.00000112. The fourth-order valence-electron chi connectivity index (χ4n) is 1.36. The Hall–Kier alpha value is -0.394. The van der Waals surface area contributed by atoms with Crippen molar-refractivity contribution < 1.29 is 66.4 Å². The number of benzene rings is 2. The van der Waals surface area contributed by atoms with Crippen molar-refractivity contribution >= 4 is 16.7 Å². The molecule has 3 nitrogen and oxygen atoms in total. The van der Waals surface area contributed by atoms with Crippen LogP contribution in [0.1, 0.15) is 10.4 Å². The molecule has 0 heterocycles. The van der Waals surface area contributed by atoms with E-state index in [1.54, 1.807) is 18.2 Å². The largest absolute Gasteiger partial charge is 1.00 e. The summed E-state index contributed by atoms with van der Waals surface area (Å²) in [6, 6.07) is 9.37. The number of aromatic hydroxyl groups is 1. The Kier molecular flexibility index (Phi) is 4.30.